The average molecular weight is 550 g/mol. The van der Waals surface area contributed by atoms with Crippen molar-refractivity contribution < 1.29 is 9.53 Å². The highest BCUT2D eigenvalue weighted by Crippen LogP contribution is 2.31. The summed E-state index contributed by atoms with van der Waals surface area (Å²) in [4.78, 5) is 17.7. The van der Waals surface area contributed by atoms with Crippen LogP contribution in [0.15, 0.2) is 84.9 Å². The molecule has 0 aliphatic carbocycles. The van der Waals surface area contributed by atoms with Crippen LogP contribution in [-0.4, -0.2) is 16.7 Å². The molecule has 1 N–H and O–H groups in total. The molecule has 3 aromatic carbocycles. The van der Waals surface area contributed by atoms with Crippen LogP contribution in [0.5, 0.6) is 0 Å². The zero-order chi connectivity index (χ0) is 23.4. The fraction of sp³-hybridized carbons (Fsp3) is 0.214. The molecule has 0 fully saturated rings. The molecule has 0 spiro atoms. The molecule has 0 aliphatic heterocycles. The SMILES string of the molecule is CC(C)(C)OC(=O)NC(Cc1ccc(I)cc1)c1cc(-c2ccccc2)c2ccccc2n1. The molecule has 0 bridgehead atoms. The minimum absolute atomic E-state index is 0.341. The summed E-state index contributed by atoms with van der Waals surface area (Å²) < 4.78 is 6.74. The molecule has 4 rings (SSSR count). The minimum Gasteiger partial charge on any atom is -0.444 e. The molecule has 0 radical (unpaired) electrons. The Morgan fingerprint density at radius 2 is 1.64 bits per heavy atom. The van der Waals surface area contributed by atoms with Crippen molar-refractivity contribution in [2.24, 2.45) is 0 Å². The summed E-state index contributed by atoms with van der Waals surface area (Å²) in [6.45, 7) is 5.59. The molecule has 5 heteroatoms. The number of fused-ring (bicyclic) bond motifs is 1. The second-order valence-electron chi connectivity index (χ2n) is 9.01. The van der Waals surface area contributed by atoms with Crippen LogP contribution >= 0.6 is 22.6 Å². The van der Waals surface area contributed by atoms with E-state index >= 15 is 0 Å². The molecular formula is C28H27IN2O2. The normalized spacial score (nSPS) is 12.4. The van der Waals surface area contributed by atoms with E-state index in [4.69, 9.17) is 9.72 Å². The van der Waals surface area contributed by atoms with Crippen LogP contribution in [0.25, 0.3) is 22.0 Å². The molecule has 1 unspecified atom stereocenters. The van der Waals surface area contributed by atoms with Gasteiger partial charge < -0.3 is 10.1 Å². The monoisotopic (exact) mass is 550 g/mol. The van der Waals surface area contributed by atoms with Crippen molar-refractivity contribution in [2.45, 2.75) is 38.8 Å². The Labute approximate surface area is 208 Å². The Hall–Kier alpha value is -2.93. The largest absolute Gasteiger partial charge is 0.444 e. The predicted octanol–water partition coefficient (Wildman–Crippen LogP) is 7.31. The minimum atomic E-state index is -0.580. The fourth-order valence-corrected chi connectivity index (χ4v) is 4.13. The number of ether oxygens (including phenoxy) is 1. The van der Waals surface area contributed by atoms with E-state index in [1.165, 1.54) is 3.57 Å². The van der Waals surface area contributed by atoms with Crippen LogP contribution < -0.4 is 5.32 Å². The Balaban J connectivity index is 1.79. The van der Waals surface area contributed by atoms with Crippen molar-refractivity contribution in [3.05, 3.63) is 99.8 Å². The summed E-state index contributed by atoms with van der Waals surface area (Å²) in [6.07, 6.45) is 0.157. The van der Waals surface area contributed by atoms with Gasteiger partial charge in [0.25, 0.3) is 0 Å². The molecule has 168 valence electrons. The van der Waals surface area contributed by atoms with Gasteiger partial charge in [0.2, 0.25) is 0 Å². The number of halogens is 1. The number of aromatic nitrogens is 1. The maximum atomic E-state index is 12.7. The highest BCUT2D eigenvalue weighted by Gasteiger charge is 2.23. The van der Waals surface area contributed by atoms with E-state index in [2.05, 4.69) is 76.4 Å². The zero-order valence-corrected chi connectivity index (χ0v) is 21.2. The molecule has 0 aliphatic rings. The first-order chi connectivity index (χ1) is 15.8. The van der Waals surface area contributed by atoms with E-state index in [-0.39, 0.29) is 6.04 Å². The topological polar surface area (TPSA) is 51.2 Å². The van der Waals surface area contributed by atoms with Crippen molar-refractivity contribution in [3.63, 3.8) is 0 Å². The molecule has 1 heterocycles. The van der Waals surface area contributed by atoms with E-state index in [0.717, 1.165) is 33.3 Å². The third-order valence-electron chi connectivity index (χ3n) is 5.22. The van der Waals surface area contributed by atoms with Gasteiger partial charge in [-0.2, -0.15) is 0 Å². The molecule has 33 heavy (non-hydrogen) atoms. The Morgan fingerprint density at radius 1 is 0.970 bits per heavy atom. The maximum Gasteiger partial charge on any atom is 0.408 e. The zero-order valence-electron chi connectivity index (χ0n) is 19.0. The van der Waals surface area contributed by atoms with Crippen molar-refractivity contribution in [2.75, 3.05) is 0 Å². The first-order valence-electron chi connectivity index (χ1n) is 11.0. The van der Waals surface area contributed by atoms with E-state index in [1.807, 2.05) is 57.2 Å². The highest BCUT2D eigenvalue weighted by atomic mass is 127. The Bertz CT molecular complexity index is 1250. The number of amides is 1. The lowest BCUT2D eigenvalue weighted by Gasteiger charge is -2.24. The van der Waals surface area contributed by atoms with Gasteiger partial charge in [0.15, 0.2) is 0 Å². The quantitative estimate of drug-likeness (QED) is 0.265. The lowest BCUT2D eigenvalue weighted by Crippen LogP contribution is -2.36. The number of alkyl carbamates (subject to hydrolysis) is 1. The number of benzene rings is 3. The summed E-state index contributed by atoms with van der Waals surface area (Å²) in [7, 11) is 0. The summed E-state index contributed by atoms with van der Waals surface area (Å²) >= 11 is 2.29. The molecule has 4 aromatic rings. The molecule has 0 saturated carbocycles. The summed E-state index contributed by atoms with van der Waals surface area (Å²) in [5, 5.41) is 4.15. The molecule has 1 atom stereocenters. The number of pyridine rings is 1. The summed E-state index contributed by atoms with van der Waals surface area (Å²) in [5.74, 6) is 0. The number of nitrogens with zero attached hydrogens (tertiary/aromatic N) is 1. The van der Waals surface area contributed by atoms with Gasteiger partial charge in [-0.15, -0.1) is 0 Å². The predicted molar refractivity (Wildman–Crippen MR) is 142 cm³/mol. The smallest absolute Gasteiger partial charge is 0.408 e. The van der Waals surface area contributed by atoms with E-state index < -0.39 is 11.7 Å². The highest BCUT2D eigenvalue weighted by molar-refractivity contribution is 14.1. The van der Waals surface area contributed by atoms with E-state index in [9.17, 15) is 4.79 Å². The third kappa shape index (κ3) is 6.11. The fourth-order valence-electron chi connectivity index (χ4n) is 3.77. The van der Waals surface area contributed by atoms with Crippen molar-refractivity contribution >= 4 is 39.6 Å². The molecule has 0 saturated heterocycles. The van der Waals surface area contributed by atoms with Crippen LogP contribution in [0.1, 0.15) is 38.1 Å². The molecule has 1 aromatic heterocycles. The number of carbonyl (C=O) groups is 1. The lowest BCUT2D eigenvalue weighted by atomic mass is 9.96. The van der Waals surface area contributed by atoms with Crippen molar-refractivity contribution in [1.29, 1.82) is 0 Å². The number of carbonyl (C=O) groups excluding carboxylic acids is 1. The van der Waals surface area contributed by atoms with E-state index in [1.54, 1.807) is 0 Å². The van der Waals surface area contributed by atoms with Gasteiger partial charge >= 0.3 is 6.09 Å². The molecule has 4 nitrogen and oxygen atoms in total. The van der Waals surface area contributed by atoms with Gasteiger partial charge in [-0.3, -0.25) is 4.98 Å². The van der Waals surface area contributed by atoms with Gasteiger partial charge in [-0.1, -0.05) is 60.7 Å². The number of rotatable bonds is 5. The van der Waals surface area contributed by atoms with Gasteiger partial charge in [0.1, 0.15) is 5.60 Å². The van der Waals surface area contributed by atoms with Crippen LogP contribution in [0, 0.1) is 3.57 Å². The van der Waals surface area contributed by atoms with Gasteiger partial charge in [-0.25, -0.2) is 4.79 Å². The van der Waals surface area contributed by atoms with Gasteiger partial charge in [0, 0.05) is 8.96 Å². The number of para-hydroxylation sites is 1. The van der Waals surface area contributed by atoms with Gasteiger partial charge in [0.05, 0.1) is 17.3 Å². The third-order valence-corrected chi connectivity index (χ3v) is 5.94. The standard InChI is InChI=1S/C28H27IN2O2/c1-28(2,3)33-27(32)31-25(17-19-13-15-21(29)16-14-19)26-18-23(20-9-5-4-6-10-20)22-11-7-8-12-24(22)30-26/h4-16,18,25H,17H2,1-3H3,(H,31,32). The second kappa shape index (κ2) is 9.91. The second-order valence-corrected chi connectivity index (χ2v) is 10.3. The van der Waals surface area contributed by atoms with Crippen LogP contribution in [0.3, 0.4) is 0 Å². The Kier molecular flexibility index (Phi) is 6.98. The first kappa shape index (κ1) is 23.2. The average Bonchev–Trinajstić information content (AvgIpc) is 2.78. The summed E-state index contributed by atoms with van der Waals surface area (Å²) in [5.41, 5.74) is 4.44. The van der Waals surface area contributed by atoms with Gasteiger partial charge in [-0.05, 0) is 90.7 Å². The maximum absolute atomic E-state index is 12.7. The number of hydrogen-bond donors (Lipinski definition) is 1. The Morgan fingerprint density at radius 3 is 2.33 bits per heavy atom. The lowest BCUT2D eigenvalue weighted by molar-refractivity contribution is 0.0502. The van der Waals surface area contributed by atoms with E-state index in [0.29, 0.717) is 6.42 Å². The first-order valence-corrected chi connectivity index (χ1v) is 12.1. The van der Waals surface area contributed by atoms with Crippen LogP contribution in [-0.2, 0) is 11.2 Å². The number of hydrogen-bond acceptors (Lipinski definition) is 3. The van der Waals surface area contributed by atoms with Crippen LogP contribution in [0.4, 0.5) is 4.79 Å². The molecule has 1 amide bonds. The summed E-state index contributed by atoms with van der Waals surface area (Å²) in [6, 6.07) is 28.5. The molecular weight excluding hydrogens is 523 g/mol. The number of nitrogens with one attached hydrogen (secondary N) is 1. The van der Waals surface area contributed by atoms with Crippen LogP contribution in [0.2, 0.25) is 0 Å². The van der Waals surface area contributed by atoms with Crippen molar-refractivity contribution in [3.8, 4) is 11.1 Å². The van der Waals surface area contributed by atoms with Crippen molar-refractivity contribution in [1.82, 2.24) is 10.3 Å².